The number of ether oxygens (including phenoxy) is 1. The van der Waals surface area contributed by atoms with Crippen LogP contribution >= 0.6 is 0 Å². The summed E-state index contributed by atoms with van der Waals surface area (Å²) in [5.74, 6) is 0. The average Bonchev–Trinajstić information content (AvgIpc) is 2.84. The molecule has 0 spiro atoms. The van der Waals surface area contributed by atoms with Gasteiger partial charge in [0.2, 0.25) is 0 Å². The van der Waals surface area contributed by atoms with Crippen molar-refractivity contribution in [1.82, 2.24) is 10.2 Å². The molecule has 0 bridgehead atoms. The van der Waals surface area contributed by atoms with E-state index in [0.29, 0.717) is 24.2 Å². The number of hydrogen-bond donors (Lipinski definition) is 1. The Morgan fingerprint density at radius 2 is 2.17 bits per heavy atom. The van der Waals surface area contributed by atoms with Gasteiger partial charge in [-0.25, -0.2) is 0 Å². The van der Waals surface area contributed by atoms with Crippen LogP contribution in [0, 0.1) is 0 Å². The molecular weight excluding hydrogens is 224 g/mol. The lowest BCUT2D eigenvalue weighted by Gasteiger charge is -2.42. The van der Waals surface area contributed by atoms with Gasteiger partial charge in [0.1, 0.15) is 0 Å². The third-order valence-electron chi connectivity index (χ3n) is 4.53. The quantitative estimate of drug-likeness (QED) is 0.788. The van der Waals surface area contributed by atoms with Crippen molar-refractivity contribution in [2.45, 2.75) is 77.1 Å². The Balaban J connectivity index is 1.81. The van der Waals surface area contributed by atoms with Crippen LogP contribution in [0.5, 0.6) is 0 Å². The van der Waals surface area contributed by atoms with E-state index in [-0.39, 0.29) is 0 Å². The standard InChI is InChI=1S/C15H30N2O/c1-4-8-16-12(2)11-13(3)17-9-10-18-15-7-5-6-14(15)17/h12-16H,4-11H2,1-3H3. The fraction of sp³-hybridized carbons (Fsp3) is 1.00. The molecule has 3 heteroatoms. The molecule has 106 valence electrons. The number of nitrogens with one attached hydrogen (secondary N) is 1. The number of fused-ring (bicyclic) bond motifs is 1. The van der Waals surface area contributed by atoms with E-state index in [4.69, 9.17) is 4.74 Å². The second-order valence-corrected chi connectivity index (χ2v) is 6.09. The molecule has 2 aliphatic rings. The molecule has 2 rings (SSSR count). The van der Waals surface area contributed by atoms with Gasteiger partial charge in [-0.15, -0.1) is 0 Å². The maximum absolute atomic E-state index is 5.89. The molecule has 4 atom stereocenters. The van der Waals surface area contributed by atoms with Crippen molar-refractivity contribution in [3.63, 3.8) is 0 Å². The molecule has 0 aromatic carbocycles. The normalized spacial score (nSPS) is 32.2. The lowest BCUT2D eigenvalue weighted by atomic mass is 10.0. The molecule has 1 aliphatic carbocycles. The Labute approximate surface area is 112 Å². The van der Waals surface area contributed by atoms with Crippen molar-refractivity contribution in [3.05, 3.63) is 0 Å². The number of nitrogens with zero attached hydrogens (tertiary/aromatic N) is 1. The molecule has 18 heavy (non-hydrogen) atoms. The predicted octanol–water partition coefficient (Wildman–Crippen LogP) is 2.41. The molecule has 2 fully saturated rings. The van der Waals surface area contributed by atoms with E-state index < -0.39 is 0 Å². The lowest BCUT2D eigenvalue weighted by molar-refractivity contribution is -0.0710. The molecule has 1 N–H and O–H groups in total. The van der Waals surface area contributed by atoms with Gasteiger partial charge in [0.15, 0.2) is 0 Å². The third kappa shape index (κ3) is 3.46. The first-order chi connectivity index (χ1) is 8.72. The highest BCUT2D eigenvalue weighted by Gasteiger charge is 2.37. The van der Waals surface area contributed by atoms with Gasteiger partial charge in [-0.05, 0) is 52.5 Å². The van der Waals surface area contributed by atoms with E-state index in [9.17, 15) is 0 Å². The molecule has 4 unspecified atom stereocenters. The summed E-state index contributed by atoms with van der Waals surface area (Å²) in [5.41, 5.74) is 0. The first-order valence-electron chi connectivity index (χ1n) is 7.83. The van der Waals surface area contributed by atoms with Crippen LogP contribution in [0.25, 0.3) is 0 Å². The lowest BCUT2D eigenvalue weighted by Crippen LogP contribution is -2.53. The highest BCUT2D eigenvalue weighted by atomic mass is 16.5. The first-order valence-corrected chi connectivity index (χ1v) is 7.83. The molecule has 0 amide bonds. The van der Waals surface area contributed by atoms with E-state index >= 15 is 0 Å². The second-order valence-electron chi connectivity index (χ2n) is 6.09. The molecule has 0 aromatic heterocycles. The first kappa shape index (κ1) is 14.3. The molecular formula is C15H30N2O. The van der Waals surface area contributed by atoms with Gasteiger partial charge in [-0.2, -0.15) is 0 Å². The maximum Gasteiger partial charge on any atom is 0.0731 e. The zero-order chi connectivity index (χ0) is 13.0. The Morgan fingerprint density at radius 1 is 1.33 bits per heavy atom. The Hall–Kier alpha value is -0.120. The van der Waals surface area contributed by atoms with Gasteiger partial charge in [-0.1, -0.05) is 6.92 Å². The van der Waals surface area contributed by atoms with Gasteiger partial charge < -0.3 is 10.1 Å². The van der Waals surface area contributed by atoms with Crippen LogP contribution in [0.15, 0.2) is 0 Å². The summed E-state index contributed by atoms with van der Waals surface area (Å²) in [6.07, 6.45) is 6.97. The minimum absolute atomic E-state index is 0.528. The summed E-state index contributed by atoms with van der Waals surface area (Å²) in [5, 5.41) is 3.60. The summed E-state index contributed by atoms with van der Waals surface area (Å²) in [6, 6.07) is 2.01. The summed E-state index contributed by atoms with van der Waals surface area (Å²) in [4.78, 5) is 2.71. The molecule has 1 saturated heterocycles. The van der Waals surface area contributed by atoms with Gasteiger partial charge >= 0.3 is 0 Å². The summed E-state index contributed by atoms with van der Waals surface area (Å²) >= 11 is 0. The number of rotatable bonds is 6. The van der Waals surface area contributed by atoms with E-state index in [0.717, 1.165) is 19.7 Å². The largest absolute Gasteiger partial charge is 0.375 e. The summed E-state index contributed by atoms with van der Waals surface area (Å²) < 4.78 is 5.89. The zero-order valence-corrected chi connectivity index (χ0v) is 12.3. The van der Waals surface area contributed by atoms with Crippen LogP contribution < -0.4 is 5.32 Å². The van der Waals surface area contributed by atoms with Gasteiger partial charge in [0.05, 0.1) is 12.7 Å². The second kappa shape index (κ2) is 6.88. The Bertz CT molecular complexity index is 247. The van der Waals surface area contributed by atoms with Gasteiger partial charge in [0.25, 0.3) is 0 Å². The van der Waals surface area contributed by atoms with Crippen molar-refractivity contribution >= 4 is 0 Å². The topological polar surface area (TPSA) is 24.5 Å². The average molecular weight is 254 g/mol. The summed E-state index contributed by atoms with van der Waals surface area (Å²) in [7, 11) is 0. The van der Waals surface area contributed by atoms with E-state index in [1.54, 1.807) is 0 Å². The number of morpholine rings is 1. The smallest absolute Gasteiger partial charge is 0.0731 e. The van der Waals surface area contributed by atoms with Crippen molar-refractivity contribution in [3.8, 4) is 0 Å². The summed E-state index contributed by atoms with van der Waals surface area (Å²) in [6.45, 7) is 10.1. The van der Waals surface area contributed by atoms with Crippen LogP contribution in [0.1, 0.15) is 52.9 Å². The van der Waals surface area contributed by atoms with Crippen molar-refractivity contribution < 1.29 is 4.74 Å². The molecule has 0 radical (unpaired) electrons. The number of hydrogen-bond acceptors (Lipinski definition) is 3. The van der Waals surface area contributed by atoms with Crippen molar-refractivity contribution in [2.75, 3.05) is 19.7 Å². The van der Waals surface area contributed by atoms with E-state index in [1.165, 1.54) is 32.1 Å². The SMILES string of the molecule is CCCNC(C)CC(C)N1CCOC2CCCC21. The van der Waals surface area contributed by atoms with Gasteiger partial charge in [0, 0.05) is 24.7 Å². The third-order valence-corrected chi connectivity index (χ3v) is 4.53. The fourth-order valence-electron chi connectivity index (χ4n) is 3.62. The fourth-order valence-corrected chi connectivity index (χ4v) is 3.62. The molecule has 1 saturated carbocycles. The minimum atomic E-state index is 0.528. The van der Waals surface area contributed by atoms with Crippen LogP contribution in [0.4, 0.5) is 0 Å². The highest BCUT2D eigenvalue weighted by Crippen LogP contribution is 2.31. The van der Waals surface area contributed by atoms with Crippen molar-refractivity contribution in [2.24, 2.45) is 0 Å². The van der Waals surface area contributed by atoms with Crippen LogP contribution in [0.2, 0.25) is 0 Å². The molecule has 3 nitrogen and oxygen atoms in total. The van der Waals surface area contributed by atoms with Gasteiger partial charge in [-0.3, -0.25) is 4.90 Å². The minimum Gasteiger partial charge on any atom is -0.375 e. The molecule has 0 aromatic rings. The van der Waals surface area contributed by atoms with Crippen LogP contribution in [-0.4, -0.2) is 48.8 Å². The zero-order valence-electron chi connectivity index (χ0n) is 12.3. The Kier molecular flexibility index (Phi) is 5.46. The van der Waals surface area contributed by atoms with Crippen molar-refractivity contribution in [1.29, 1.82) is 0 Å². The monoisotopic (exact) mass is 254 g/mol. The maximum atomic E-state index is 5.89. The van der Waals surface area contributed by atoms with E-state index in [2.05, 4.69) is 31.0 Å². The van der Waals surface area contributed by atoms with Crippen LogP contribution in [-0.2, 0) is 4.74 Å². The Morgan fingerprint density at radius 3 is 2.94 bits per heavy atom. The van der Waals surface area contributed by atoms with E-state index in [1.807, 2.05) is 0 Å². The predicted molar refractivity (Wildman–Crippen MR) is 75.9 cm³/mol. The highest BCUT2D eigenvalue weighted by molar-refractivity contribution is 4.92. The molecule has 1 heterocycles. The van der Waals surface area contributed by atoms with Crippen LogP contribution in [0.3, 0.4) is 0 Å². The molecule has 1 aliphatic heterocycles.